The molecule has 4 nitrogen and oxygen atoms in total. The van der Waals surface area contributed by atoms with E-state index in [-0.39, 0.29) is 12.1 Å². The molecule has 0 radical (unpaired) electrons. The molecular formula is C14H13F3N2O2S. The minimum atomic E-state index is -4.51. The molecule has 0 saturated carbocycles. The van der Waals surface area contributed by atoms with E-state index in [1.165, 1.54) is 23.5 Å². The second-order valence-corrected chi connectivity index (χ2v) is 5.94. The Kier molecular flexibility index (Phi) is 4.82. The first kappa shape index (κ1) is 16.4. The van der Waals surface area contributed by atoms with Gasteiger partial charge in [-0.15, -0.1) is 11.3 Å². The second-order valence-electron chi connectivity index (χ2n) is 4.62. The summed E-state index contributed by atoms with van der Waals surface area (Å²) in [5.74, 6) is -1.24. The third-order valence-corrected chi connectivity index (χ3v) is 3.86. The Balaban J connectivity index is 2.19. The monoisotopic (exact) mass is 330 g/mol. The summed E-state index contributed by atoms with van der Waals surface area (Å²) in [4.78, 5) is 16.2. The molecule has 2 N–H and O–H groups in total. The SMILES string of the molecule is Cc1ncc(CNC(C(=O)O)c2cccc(C(F)(F)F)c2)s1. The van der Waals surface area contributed by atoms with Crippen molar-refractivity contribution in [3.8, 4) is 0 Å². The number of hydrogen-bond donors (Lipinski definition) is 2. The number of carboxylic acids is 1. The normalized spacial score (nSPS) is 13.1. The minimum Gasteiger partial charge on any atom is -0.480 e. The maximum Gasteiger partial charge on any atom is 0.416 e. The third kappa shape index (κ3) is 4.05. The molecule has 2 rings (SSSR count). The van der Waals surface area contributed by atoms with Gasteiger partial charge in [-0.3, -0.25) is 10.1 Å². The van der Waals surface area contributed by atoms with Gasteiger partial charge in [0.05, 0.1) is 10.6 Å². The number of carboxylic acid groups (broad SMARTS) is 1. The number of halogens is 3. The highest BCUT2D eigenvalue weighted by atomic mass is 32.1. The molecule has 1 unspecified atom stereocenters. The van der Waals surface area contributed by atoms with E-state index in [0.717, 1.165) is 22.0 Å². The van der Waals surface area contributed by atoms with Crippen LogP contribution in [0.3, 0.4) is 0 Å². The highest BCUT2D eigenvalue weighted by molar-refractivity contribution is 7.11. The summed E-state index contributed by atoms with van der Waals surface area (Å²) in [6.45, 7) is 2.04. The molecule has 0 bridgehead atoms. The van der Waals surface area contributed by atoms with Crippen LogP contribution in [0.5, 0.6) is 0 Å². The Morgan fingerprint density at radius 1 is 1.45 bits per heavy atom. The van der Waals surface area contributed by atoms with E-state index < -0.39 is 23.8 Å². The van der Waals surface area contributed by atoms with Crippen LogP contribution in [0.1, 0.15) is 27.1 Å². The number of nitrogens with one attached hydrogen (secondary N) is 1. The van der Waals surface area contributed by atoms with E-state index in [1.54, 1.807) is 6.20 Å². The molecule has 8 heteroatoms. The Morgan fingerprint density at radius 2 is 2.18 bits per heavy atom. The van der Waals surface area contributed by atoms with Crippen LogP contribution in [0, 0.1) is 6.92 Å². The van der Waals surface area contributed by atoms with Gasteiger partial charge in [0.1, 0.15) is 6.04 Å². The summed E-state index contributed by atoms with van der Waals surface area (Å²) in [6.07, 6.45) is -2.90. The maximum absolute atomic E-state index is 12.7. The van der Waals surface area contributed by atoms with E-state index in [1.807, 2.05) is 6.92 Å². The molecule has 2 aromatic rings. The van der Waals surface area contributed by atoms with Crippen molar-refractivity contribution in [1.29, 1.82) is 0 Å². The average molecular weight is 330 g/mol. The number of benzene rings is 1. The number of alkyl halides is 3. The van der Waals surface area contributed by atoms with Crippen molar-refractivity contribution in [3.63, 3.8) is 0 Å². The lowest BCUT2D eigenvalue weighted by atomic mass is 10.0. The van der Waals surface area contributed by atoms with Crippen LogP contribution in [-0.2, 0) is 17.5 Å². The first-order valence-corrected chi connectivity index (χ1v) is 7.13. The zero-order valence-electron chi connectivity index (χ0n) is 11.5. The highest BCUT2D eigenvalue weighted by Gasteiger charge is 2.31. The molecule has 1 heterocycles. The molecule has 1 aromatic carbocycles. The van der Waals surface area contributed by atoms with Gasteiger partial charge in [-0.25, -0.2) is 4.98 Å². The van der Waals surface area contributed by atoms with Crippen molar-refractivity contribution >= 4 is 17.3 Å². The number of aryl methyl sites for hydroxylation is 1. The first-order chi connectivity index (χ1) is 10.3. The number of nitrogens with zero attached hydrogens (tertiary/aromatic N) is 1. The molecule has 0 fully saturated rings. The standard InChI is InChI=1S/C14H13F3N2O2S/c1-8-18-6-11(22-8)7-19-12(13(20)21)9-3-2-4-10(5-9)14(15,16)17/h2-6,12,19H,7H2,1H3,(H,20,21). The van der Waals surface area contributed by atoms with E-state index in [2.05, 4.69) is 10.3 Å². The van der Waals surface area contributed by atoms with Crippen molar-refractivity contribution in [3.05, 3.63) is 51.5 Å². The van der Waals surface area contributed by atoms with Gasteiger partial charge in [0, 0.05) is 17.6 Å². The van der Waals surface area contributed by atoms with Crippen molar-refractivity contribution < 1.29 is 23.1 Å². The van der Waals surface area contributed by atoms with Gasteiger partial charge in [-0.05, 0) is 24.6 Å². The topological polar surface area (TPSA) is 62.2 Å². The van der Waals surface area contributed by atoms with E-state index >= 15 is 0 Å². The van der Waals surface area contributed by atoms with E-state index in [9.17, 15) is 23.1 Å². The fourth-order valence-electron chi connectivity index (χ4n) is 1.93. The predicted molar refractivity (Wildman–Crippen MR) is 75.5 cm³/mol. The maximum atomic E-state index is 12.7. The summed E-state index contributed by atoms with van der Waals surface area (Å²) in [5.41, 5.74) is -0.810. The Bertz CT molecular complexity index is 670. The molecule has 22 heavy (non-hydrogen) atoms. The van der Waals surface area contributed by atoms with E-state index in [0.29, 0.717) is 0 Å². The molecular weight excluding hydrogens is 317 g/mol. The molecule has 1 atom stereocenters. The van der Waals surface area contributed by atoms with Gasteiger partial charge in [0.2, 0.25) is 0 Å². The van der Waals surface area contributed by atoms with Crippen molar-refractivity contribution in [1.82, 2.24) is 10.3 Å². The third-order valence-electron chi connectivity index (χ3n) is 2.94. The van der Waals surface area contributed by atoms with Gasteiger partial charge < -0.3 is 5.11 Å². The number of hydrogen-bond acceptors (Lipinski definition) is 4. The number of thiazole rings is 1. The quantitative estimate of drug-likeness (QED) is 0.882. The molecule has 0 aliphatic rings. The minimum absolute atomic E-state index is 0.0589. The first-order valence-electron chi connectivity index (χ1n) is 6.32. The summed E-state index contributed by atoms with van der Waals surface area (Å²) in [5, 5.41) is 12.8. The van der Waals surface area contributed by atoms with Crippen molar-refractivity contribution in [2.24, 2.45) is 0 Å². The summed E-state index contributed by atoms with van der Waals surface area (Å²) < 4.78 is 38.1. The molecule has 1 aromatic heterocycles. The highest BCUT2D eigenvalue weighted by Crippen LogP contribution is 2.31. The van der Waals surface area contributed by atoms with Gasteiger partial charge >= 0.3 is 12.1 Å². The zero-order chi connectivity index (χ0) is 16.3. The summed E-state index contributed by atoms with van der Waals surface area (Å²) >= 11 is 1.40. The van der Waals surface area contributed by atoms with Crippen LogP contribution in [0.15, 0.2) is 30.5 Å². The smallest absolute Gasteiger partial charge is 0.416 e. The fraction of sp³-hybridized carbons (Fsp3) is 0.286. The Morgan fingerprint density at radius 3 is 2.73 bits per heavy atom. The molecule has 0 saturated heterocycles. The van der Waals surface area contributed by atoms with Crippen LogP contribution < -0.4 is 5.32 Å². The van der Waals surface area contributed by atoms with Gasteiger partial charge in [0.15, 0.2) is 0 Å². The molecule has 0 aliphatic heterocycles. The molecule has 118 valence electrons. The second kappa shape index (κ2) is 6.45. The lowest BCUT2D eigenvalue weighted by Gasteiger charge is -2.16. The number of carbonyl (C=O) groups is 1. The average Bonchev–Trinajstić information content (AvgIpc) is 2.84. The summed E-state index contributed by atoms with van der Waals surface area (Å²) in [6, 6.07) is 3.11. The molecule has 0 aliphatic carbocycles. The predicted octanol–water partition coefficient (Wildman–Crippen LogP) is 3.39. The number of aromatic nitrogens is 1. The number of aliphatic carboxylic acids is 1. The van der Waals surface area contributed by atoms with Crippen LogP contribution in [0.2, 0.25) is 0 Å². The lowest BCUT2D eigenvalue weighted by molar-refractivity contribution is -0.140. The van der Waals surface area contributed by atoms with Crippen molar-refractivity contribution in [2.45, 2.75) is 25.7 Å². The molecule has 0 spiro atoms. The van der Waals surface area contributed by atoms with Crippen LogP contribution in [0.25, 0.3) is 0 Å². The lowest BCUT2D eigenvalue weighted by Crippen LogP contribution is -2.28. The fourth-order valence-corrected chi connectivity index (χ4v) is 2.68. The van der Waals surface area contributed by atoms with Gasteiger partial charge in [-0.2, -0.15) is 13.2 Å². The van der Waals surface area contributed by atoms with Crippen LogP contribution >= 0.6 is 11.3 Å². The van der Waals surface area contributed by atoms with Gasteiger partial charge in [-0.1, -0.05) is 12.1 Å². The number of rotatable bonds is 5. The summed E-state index contributed by atoms with van der Waals surface area (Å²) in [7, 11) is 0. The Hall–Kier alpha value is -1.93. The Labute approximate surface area is 128 Å². The van der Waals surface area contributed by atoms with Crippen LogP contribution in [-0.4, -0.2) is 16.1 Å². The molecule has 0 amide bonds. The zero-order valence-corrected chi connectivity index (χ0v) is 12.3. The van der Waals surface area contributed by atoms with Gasteiger partial charge in [0.25, 0.3) is 0 Å². The largest absolute Gasteiger partial charge is 0.480 e. The van der Waals surface area contributed by atoms with Crippen molar-refractivity contribution in [2.75, 3.05) is 0 Å². The van der Waals surface area contributed by atoms with E-state index in [4.69, 9.17) is 0 Å². The van der Waals surface area contributed by atoms with Crippen LogP contribution in [0.4, 0.5) is 13.2 Å².